The quantitative estimate of drug-likeness (QED) is 0.750. The number of carbonyl (C=O) groups excluding carboxylic acids is 1. The molecule has 0 atom stereocenters. The van der Waals surface area contributed by atoms with Crippen molar-refractivity contribution in [3.05, 3.63) is 70.5 Å². The highest BCUT2D eigenvalue weighted by molar-refractivity contribution is 7.99. The van der Waals surface area contributed by atoms with E-state index in [4.69, 9.17) is 11.6 Å². The van der Waals surface area contributed by atoms with Crippen LogP contribution in [0.3, 0.4) is 0 Å². The minimum Gasteiger partial charge on any atom is -0.293 e. The maximum atomic E-state index is 13.0. The third-order valence-electron chi connectivity index (χ3n) is 2.60. The monoisotopic (exact) mass is 294 g/mol. The van der Waals surface area contributed by atoms with E-state index in [0.717, 1.165) is 5.56 Å². The van der Waals surface area contributed by atoms with Gasteiger partial charge in [-0.25, -0.2) is 4.39 Å². The number of ketones is 1. The van der Waals surface area contributed by atoms with Gasteiger partial charge in [0, 0.05) is 16.3 Å². The van der Waals surface area contributed by atoms with E-state index in [-0.39, 0.29) is 11.6 Å². The molecule has 98 valence electrons. The zero-order valence-electron chi connectivity index (χ0n) is 10.1. The summed E-state index contributed by atoms with van der Waals surface area (Å²) in [6.45, 7) is 0. The molecule has 0 aliphatic carbocycles. The highest BCUT2D eigenvalue weighted by Crippen LogP contribution is 2.21. The molecule has 2 rings (SSSR count). The standard InChI is InChI=1S/C15H12ClFOS/c16-14-7-2-1-4-12(14)9-19-10-15(18)11-5-3-6-13(17)8-11/h1-8H,9-10H2. The van der Waals surface area contributed by atoms with E-state index in [1.807, 2.05) is 24.3 Å². The van der Waals surface area contributed by atoms with Gasteiger partial charge in [0.15, 0.2) is 5.78 Å². The van der Waals surface area contributed by atoms with Gasteiger partial charge in [-0.2, -0.15) is 0 Å². The van der Waals surface area contributed by atoms with Crippen molar-refractivity contribution in [2.45, 2.75) is 5.75 Å². The second-order valence-electron chi connectivity index (χ2n) is 4.02. The molecule has 1 nitrogen and oxygen atoms in total. The first kappa shape index (κ1) is 14.1. The van der Waals surface area contributed by atoms with Gasteiger partial charge in [0.05, 0.1) is 5.75 Å². The molecule has 0 amide bonds. The van der Waals surface area contributed by atoms with Gasteiger partial charge < -0.3 is 0 Å². The molecule has 19 heavy (non-hydrogen) atoms. The second kappa shape index (κ2) is 6.73. The number of rotatable bonds is 5. The summed E-state index contributed by atoms with van der Waals surface area (Å²) in [5, 5.41) is 0.702. The molecule has 0 heterocycles. The summed E-state index contributed by atoms with van der Waals surface area (Å²) in [4.78, 5) is 11.9. The van der Waals surface area contributed by atoms with Crippen LogP contribution in [0, 0.1) is 5.82 Å². The Labute approximate surface area is 120 Å². The summed E-state index contributed by atoms with van der Waals surface area (Å²) in [6, 6.07) is 13.3. The molecule has 0 aliphatic heterocycles. The zero-order valence-corrected chi connectivity index (χ0v) is 11.7. The Bertz CT molecular complexity index is 586. The fraction of sp³-hybridized carbons (Fsp3) is 0.133. The first-order valence-corrected chi connectivity index (χ1v) is 7.30. The number of hydrogen-bond donors (Lipinski definition) is 0. The lowest BCUT2D eigenvalue weighted by molar-refractivity contribution is 0.102. The van der Waals surface area contributed by atoms with E-state index >= 15 is 0 Å². The molecule has 2 aromatic rings. The first-order chi connectivity index (χ1) is 9.16. The molecule has 2 aromatic carbocycles. The molecule has 0 saturated heterocycles. The van der Waals surface area contributed by atoms with Crippen molar-refractivity contribution in [2.24, 2.45) is 0 Å². The van der Waals surface area contributed by atoms with Crippen molar-refractivity contribution in [1.29, 1.82) is 0 Å². The molecule has 0 N–H and O–H groups in total. The molecule has 0 saturated carbocycles. The van der Waals surface area contributed by atoms with Gasteiger partial charge in [-0.3, -0.25) is 4.79 Å². The minimum absolute atomic E-state index is 0.0726. The van der Waals surface area contributed by atoms with Gasteiger partial charge >= 0.3 is 0 Å². The summed E-state index contributed by atoms with van der Waals surface area (Å²) < 4.78 is 13.0. The summed E-state index contributed by atoms with van der Waals surface area (Å²) in [6.07, 6.45) is 0. The molecule has 0 unspecified atom stereocenters. The van der Waals surface area contributed by atoms with Gasteiger partial charge in [-0.1, -0.05) is 41.9 Å². The molecular formula is C15H12ClFOS. The van der Waals surface area contributed by atoms with Crippen LogP contribution < -0.4 is 0 Å². The zero-order chi connectivity index (χ0) is 13.7. The molecule has 0 fully saturated rings. The number of benzene rings is 2. The Balaban J connectivity index is 1.90. The molecular weight excluding hydrogens is 283 g/mol. The summed E-state index contributed by atoms with van der Waals surface area (Å²) in [7, 11) is 0. The smallest absolute Gasteiger partial charge is 0.172 e. The summed E-state index contributed by atoms with van der Waals surface area (Å²) >= 11 is 7.50. The maximum Gasteiger partial charge on any atom is 0.172 e. The van der Waals surface area contributed by atoms with E-state index in [9.17, 15) is 9.18 Å². The Morgan fingerprint density at radius 3 is 2.68 bits per heavy atom. The lowest BCUT2D eigenvalue weighted by Gasteiger charge is -2.04. The van der Waals surface area contributed by atoms with Crippen molar-refractivity contribution < 1.29 is 9.18 Å². The number of hydrogen-bond acceptors (Lipinski definition) is 2. The van der Waals surface area contributed by atoms with Gasteiger partial charge in [-0.05, 0) is 23.8 Å². The third kappa shape index (κ3) is 4.08. The van der Waals surface area contributed by atoms with E-state index in [0.29, 0.717) is 22.1 Å². The van der Waals surface area contributed by atoms with Crippen LogP contribution in [-0.2, 0) is 5.75 Å². The topological polar surface area (TPSA) is 17.1 Å². The van der Waals surface area contributed by atoms with Crippen LogP contribution in [0.5, 0.6) is 0 Å². The van der Waals surface area contributed by atoms with E-state index in [1.165, 1.54) is 23.9 Å². The van der Waals surface area contributed by atoms with Gasteiger partial charge in [0.1, 0.15) is 5.82 Å². The highest BCUT2D eigenvalue weighted by Gasteiger charge is 2.07. The van der Waals surface area contributed by atoms with Crippen LogP contribution in [0.25, 0.3) is 0 Å². The van der Waals surface area contributed by atoms with Crippen LogP contribution in [0.4, 0.5) is 4.39 Å². The SMILES string of the molecule is O=C(CSCc1ccccc1Cl)c1cccc(F)c1. The van der Waals surface area contributed by atoms with Crippen LogP contribution in [0.1, 0.15) is 15.9 Å². The second-order valence-corrected chi connectivity index (χ2v) is 5.41. The number of thioether (sulfide) groups is 1. The number of Topliss-reactive ketones (excluding diaryl/α,β-unsaturated/α-hetero) is 1. The Kier molecular flexibility index (Phi) is 5.00. The number of halogens is 2. The average Bonchev–Trinajstić information content (AvgIpc) is 2.41. The van der Waals surface area contributed by atoms with Crippen LogP contribution in [0.15, 0.2) is 48.5 Å². The van der Waals surface area contributed by atoms with Crippen molar-refractivity contribution in [1.82, 2.24) is 0 Å². The Morgan fingerprint density at radius 2 is 1.95 bits per heavy atom. The normalized spacial score (nSPS) is 10.4. The molecule has 4 heteroatoms. The van der Waals surface area contributed by atoms with Gasteiger partial charge in [0.2, 0.25) is 0 Å². The maximum absolute atomic E-state index is 13.0. The highest BCUT2D eigenvalue weighted by atomic mass is 35.5. The van der Waals surface area contributed by atoms with E-state index < -0.39 is 0 Å². The minimum atomic E-state index is -0.387. The molecule has 0 bridgehead atoms. The molecule has 0 radical (unpaired) electrons. The molecule has 0 spiro atoms. The van der Waals surface area contributed by atoms with Crippen LogP contribution in [0.2, 0.25) is 5.02 Å². The lowest BCUT2D eigenvalue weighted by atomic mass is 10.1. The van der Waals surface area contributed by atoms with Gasteiger partial charge in [0.25, 0.3) is 0 Å². The third-order valence-corrected chi connectivity index (χ3v) is 3.95. The van der Waals surface area contributed by atoms with Crippen LogP contribution in [-0.4, -0.2) is 11.5 Å². The lowest BCUT2D eigenvalue weighted by Crippen LogP contribution is -2.03. The van der Waals surface area contributed by atoms with Gasteiger partial charge in [-0.15, -0.1) is 11.8 Å². The van der Waals surface area contributed by atoms with Crippen molar-refractivity contribution in [2.75, 3.05) is 5.75 Å². The number of carbonyl (C=O) groups is 1. The first-order valence-electron chi connectivity index (χ1n) is 5.77. The van der Waals surface area contributed by atoms with Crippen molar-refractivity contribution >= 4 is 29.1 Å². The van der Waals surface area contributed by atoms with Crippen molar-refractivity contribution in [3.63, 3.8) is 0 Å². The largest absolute Gasteiger partial charge is 0.293 e. The summed E-state index contributed by atoms with van der Waals surface area (Å²) in [5.41, 5.74) is 1.41. The predicted molar refractivity (Wildman–Crippen MR) is 78.3 cm³/mol. The van der Waals surface area contributed by atoms with Crippen LogP contribution >= 0.6 is 23.4 Å². The predicted octanol–water partition coefficient (Wildman–Crippen LogP) is 4.60. The fourth-order valence-corrected chi connectivity index (χ4v) is 2.82. The molecule has 0 aromatic heterocycles. The van der Waals surface area contributed by atoms with Crippen molar-refractivity contribution in [3.8, 4) is 0 Å². The summed E-state index contributed by atoms with van der Waals surface area (Å²) in [5.74, 6) is 0.522. The van der Waals surface area contributed by atoms with E-state index in [2.05, 4.69) is 0 Å². The molecule has 0 aliphatic rings. The average molecular weight is 295 g/mol. The Morgan fingerprint density at radius 1 is 1.16 bits per heavy atom. The van der Waals surface area contributed by atoms with E-state index in [1.54, 1.807) is 12.1 Å². The fourth-order valence-electron chi connectivity index (χ4n) is 1.61. The Hall–Kier alpha value is -1.32.